The Labute approximate surface area is 325 Å². The van der Waals surface area contributed by atoms with Gasteiger partial charge in [-0.05, 0) is 133 Å². The topological polar surface area (TPSA) is 3.24 Å². The predicted octanol–water partition coefficient (Wildman–Crippen LogP) is 15.5. The summed E-state index contributed by atoms with van der Waals surface area (Å²) < 4.78 is 2.63. The van der Waals surface area contributed by atoms with E-state index >= 15 is 0 Å². The largest absolute Gasteiger partial charge is 0.310 e. The van der Waals surface area contributed by atoms with Crippen LogP contribution in [0, 0.1) is 0 Å². The highest BCUT2D eigenvalue weighted by Crippen LogP contribution is 2.51. The molecule has 9 aromatic carbocycles. The zero-order valence-electron chi connectivity index (χ0n) is 30.8. The maximum Gasteiger partial charge on any atom is 0.0468 e. The van der Waals surface area contributed by atoms with Crippen LogP contribution in [0.25, 0.3) is 75.1 Å². The van der Waals surface area contributed by atoms with Gasteiger partial charge in [-0.25, -0.2) is 0 Å². The van der Waals surface area contributed by atoms with Gasteiger partial charge in [0.05, 0.1) is 0 Å². The second-order valence-corrected chi connectivity index (χ2v) is 16.5. The molecular weight excluding hydrogens is 683 g/mol. The van der Waals surface area contributed by atoms with Gasteiger partial charge in [0, 0.05) is 42.6 Å². The summed E-state index contributed by atoms with van der Waals surface area (Å²) in [5.41, 5.74) is 13.7. The van der Waals surface area contributed by atoms with Gasteiger partial charge in [-0.1, -0.05) is 135 Å². The van der Waals surface area contributed by atoms with Crippen molar-refractivity contribution in [3.63, 3.8) is 0 Å². The fraction of sp³-hybridized carbons (Fsp3) is 0.0566. The molecule has 0 N–H and O–H groups in total. The van der Waals surface area contributed by atoms with E-state index in [4.69, 9.17) is 0 Å². The molecule has 1 aliphatic carbocycles. The Kier molecular flexibility index (Phi) is 7.14. The Morgan fingerprint density at radius 3 is 1.67 bits per heavy atom. The fourth-order valence-corrected chi connectivity index (χ4v) is 9.99. The molecule has 0 saturated carbocycles. The molecule has 55 heavy (non-hydrogen) atoms. The van der Waals surface area contributed by atoms with Crippen LogP contribution in [0.15, 0.2) is 188 Å². The molecule has 0 atom stereocenters. The molecule has 0 unspecified atom stereocenters. The van der Waals surface area contributed by atoms with E-state index in [0.717, 1.165) is 11.4 Å². The highest BCUT2D eigenvalue weighted by molar-refractivity contribution is 7.25. The van der Waals surface area contributed by atoms with Crippen LogP contribution in [0.5, 0.6) is 0 Å². The number of rotatable bonds is 5. The minimum atomic E-state index is -0.0860. The molecule has 0 aliphatic heterocycles. The van der Waals surface area contributed by atoms with Crippen molar-refractivity contribution in [2.45, 2.75) is 19.3 Å². The lowest BCUT2D eigenvalue weighted by molar-refractivity contribution is 0.660. The van der Waals surface area contributed by atoms with Crippen molar-refractivity contribution < 1.29 is 0 Å². The summed E-state index contributed by atoms with van der Waals surface area (Å²) in [6.07, 6.45) is 0. The number of anilines is 3. The molecule has 0 radical (unpaired) electrons. The Balaban J connectivity index is 0.983. The third-order valence-corrected chi connectivity index (χ3v) is 13.0. The maximum atomic E-state index is 2.43. The molecule has 10 aromatic rings. The Morgan fingerprint density at radius 2 is 0.891 bits per heavy atom. The zero-order valence-corrected chi connectivity index (χ0v) is 31.6. The number of thiophene rings is 1. The van der Waals surface area contributed by atoms with Gasteiger partial charge in [-0.3, -0.25) is 0 Å². The minimum absolute atomic E-state index is 0.0860. The quantitative estimate of drug-likeness (QED) is 0.171. The van der Waals surface area contributed by atoms with E-state index in [9.17, 15) is 0 Å². The number of benzene rings is 9. The maximum absolute atomic E-state index is 2.43. The SMILES string of the molecule is CC1(C)c2ccccc2-c2ccc(N(c3ccc(-c4ccc5cc(-c6ccc7ccccc7c6)ccc5c4)cc3)c3ccc4sc5ccccc5c4c3)cc21. The van der Waals surface area contributed by atoms with Gasteiger partial charge in [-0.2, -0.15) is 0 Å². The van der Waals surface area contributed by atoms with Crippen molar-refractivity contribution in [3.8, 4) is 33.4 Å². The lowest BCUT2D eigenvalue weighted by Crippen LogP contribution is -2.16. The van der Waals surface area contributed by atoms with Crippen molar-refractivity contribution in [1.29, 1.82) is 0 Å². The van der Waals surface area contributed by atoms with Crippen LogP contribution in [0.1, 0.15) is 25.0 Å². The first-order valence-electron chi connectivity index (χ1n) is 19.1. The molecule has 0 spiro atoms. The average molecular weight is 720 g/mol. The summed E-state index contributed by atoms with van der Waals surface area (Å²) in [6, 6.07) is 69.8. The average Bonchev–Trinajstić information content (AvgIpc) is 3.72. The van der Waals surface area contributed by atoms with Crippen LogP contribution in [-0.2, 0) is 5.41 Å². The van der Waals surface area contributed by atoms with Gasteiger partial charge in [0.15, 0.2) is 0 Å². The van der Waals surface area contributed by atoms with Gasteiger partial charge in [-0.15, -0.1) is 11.3 Å². The van der Waals surface area contributed by atoms with E-state index in [0.29, 0.717) is 0 Å². The first kappa shape index (κ1) is 32.0. The second kappa shape index (κ2) is 12.3. The smallest absolute Gasteiger partial charge is 0.0468 e. The van der Waals surface area contributed by atoms with E-state index in [-0.39, 0.29) is 5.41 Å². The number of nitrogens with zero attached hydrogens (tertiary/aromatic N) is 1. The van der Waals surface area contributed by atoms with Crippen molar-refractivity contribution in [2.24, 2.45) is 0 Å². The van der Waals surface area contributed by atoms with Crippen LogP contribution < -0.4 is 4.90 Å². The van der Waals surface area contributed by atoms with Crippen molar-refractivity contribution in [3.05, 3.63) is 199 Å². The van der Waals surface area contributed by atoms with Crippen LogP contribution in [0.2, 0.25) is 0 Å². The normalized spacial score (nSPS) is 13.1. The lowest BCUT2D eigenvalue weighted by Gasteiger charge is -2.28. The summed E-state index contributed by atoms with van der Waals surface area (Å²) in [5.74, 6) is 0. The molecule has 0 fully saturated rings. The molecular formula is C53H37NS. The zero-order chi connectivity index (χ0) is 36.7. The molecule has 0 saturated heterocycles. The van der Waals surface area contributed by atoms with Crippen LogP contribution in [-0.4, -0.2) is 0 Å². The molecule has 0 bridgehead atoms. The third kappa shape index (κ3) is 5.21. The molecule has 0 amide bonds. The third-order valence-electron chi connectivity index (χ3n) is 11.8. The van der Waals surface area contributed by atoms with E-state index in [2.05, 4.69) is 207 Å². The van der Waals surface area contributed by atoms with Crippen molar-refractivity contribution >= 4 is 70.1 Å². The first-order chi connectivity index (χ1) is 27.0. The molecule has 1 nitrogen and oxygen atoms in total. The molecule has 1 aliphatic rings. The molecule has 260 valence electrons. The summed E-state index contributed by atoms with van der Waals surface area (Å²) >= 11 is 1.86. The fourth-order valence-electron chi connectivity index (χ4n) is 8.91. The summed E-state index contributed by atoms with van der Waals surface area (Å²) in [7, 11) is 0. The molecule has 1 aromatic heterocycles. The Hall–Kier alpha value is -6.48. The highest BCUT2D eigenvalue weighted by atomic mass is 32.1. The van der Waals surface area contributed by atoms with Crippen molar-refractivity contribution in [1.82, 2.24) is 0 Å². The minimum Gasteiger partial charge on any atom is -0.310 e. The standard InChI is InChI=1S/C53H37NS/c1-53(2)49-13-7-5-11-45(49)46-27-25-44(33-50(46)53)54(43-26-28-52-48(32-43)47-12-6-8-14-51(47)55-52)42-23-21-35(22-24-42)37-17-18-40-31-41(20-19-39(40)30-37)38-16-15-34-9-3-4-10-36(34)29-38/h3-33H,1-2H3. The van der Waals surface area contributed by atoms with Gasteiger partial charge in [0.2, 0.25) is 0 Å². The highest BCUT2D eigenvalue weighted by Gasteiger charge is 2.35. The van der Waals surface area contributed by atoms with Crippen LogP contribution >= 0.6 is 11.3 Å². The van der Waals surface area contributed by atoms with Gasteiger partial charge >= 0.3 is 0 Å². The Bertz CT molecular complexity index is 3130. The summed E-state index contributed by atoms with van der Waals surface area (Å²) in [5, 5.41) is 7.63. The summed E-state index contributed by atoms with van der Waals surface area (Å²) in [6.45, 7) is 4.72. The van der Waals surface area contributed by atoms with Gasteiger partial charge < -0.3 is 4.90 Å². The summed E-state index contributed by atoms with van der Waals surface area (Å²) in [4.78, 5) is 2.43. The second-order valence-electron chi connectivity index (χ2n) is 15.4. The van der Waals surface area contributed by atoms with Crippen molar-refractivity contribution in [2.75, 3.05) is 4.90 Å². The molecule has 1 heterocycles. The van der Waals surface area contributed by atoms with Crippen LogP contribution in [0.4, 0.5) is 17.1 Å². The van der Waals surface area contributed by atoms with E-state index in [1.807, 2.05) is 11.3 Å². The number of fused-ring (bicyclic) bond motifs is 8. The monoisotopic (exact) mass is 719 g/mol. The van der Waals surface area contributed by atoms with Crippen LogP contribution in [0.3, 0.4) is 0 Å². The first-order valence-corrected chi connectivity index (χ1v) is 19.9. The van der Waals surface area contributed by atoms with Gasteiger partial charge in [0.1, 0.15) is 0 Å². The van der Waals surface area contributed by atoms with E-state index in [1.165, 1.54) is 91.9 Å². The predicted molar refractivity (Wildman–Crippen MR) is 237 cm³/mol. The Morgan fingerprint density at radius 1 is 0.364 bits per heavy atom. The lowest BCUT2D eigenvalue weighted by atomic mass is 9.82. The molecule has 2 heteroatoms. The number of hydrogen-bond acceptors (Lipinski definition) is 2. The van der Waals surface area contributed by atoms with E-state index < -0.39 is 0 Å². The van der Waals surface area contributed by atoms with Gasteiger partial charge in [0.25, 0.3) is 0 Å². The van der Waals surface area contributed by atoms with E-state index in [1.54, 1.807) is 0 Å². The number of hydrogen-bond donors (Lipinski definition) is 0. The molecule has 11 rings (SSSR count).